The molecule has 0 spiro atoms. The van der Waals surface area contributed by atoms with Gasteiger partial charge in [-0.25, -0.2) is 0 Å². The van der Waals surface area contributed by atoms with Crippen molar-refractivity contribution in [3.8, 4) is 89.0 Å². The van der Waals surface area contributed by atoms with Crippen LogP contribution in [0.5, 0.6) is 0 Å². The minimum atomic E-state index is 1.13. The Labute approximate surface area is 687 Å². The average molecular weight is 1500 g/mol. The Morgan fingerprint density at radius 2 is 0.441 bits per heavy atom. The molecule has 0 bridgehead atoms. The quantitative estimate of drug-likeness (QED) is 0.100. The molecule has 0 saturated heterocycles. The summed E-state index contributed by atoms with van der Waals surface area (Å²) in [6.07, 6.45) is 0. The number of benzene rings is 22. The molecule has 0 aliphatic carbocycles. The van der Waals surface area contributed by atoms with E-state index in [-0.39, 0.29) is 0 Å². The van der Waals surface area contributed by atoms with Crippen LogP contribution in [0, 0.1) is 0 Å². The standard InChI is InChI=1S/2C58H39N/c1-6-20-40(21-7-1)52-39-53(41-22-8-2-9-23-41)57-51-37-36-43(38-54(51)48-30-16-17-31-50(48)58(57)56(52)42-24-10-3-11-25-42)46-32-18-34-49-47(46)33-19-35-55(49)59(44-26-12-4-13-27-44)45-28-14-5-15-29-45;1-6-18-40(19-7-1)53-39-54(41-20-8-2-9-21-41)57-52-35-33-46(38-55(52)50-28-16-17-29-51(50)58(57)56(53)42-22-10-3-11-23-42)43-30-31-45-37-49(34-32-44(45)36-43)59(47-24-12-4-13-25-47)48-26-14-5-15-27-48/h2*1-39H. The Morgan fingerprint density at radius 1 is 0.127 bits per heavy atom. The third-order valence-corrected chi connectivity index (χ3v) is 23.6. The van der Waals surface area contributed by atoms with Crippen LogP contribution in [0.2, 0.25) is 0 Å². The molecular formula is C116H78N2. The van der Waals surface area contributed by atoms with Gasteiger partial charge in [-0.05, 0) is 267 Å². The number of anilines is 6. The molecule has 22 aromatic rings. The van der Waals surface area contributed by atoms with Crippen LogP contribution in [0.1, 0.15) is 0 Å². The van der Waals surface area contributed by atoms with Gasteiger partial charge in [-0.1, -0.05) is 376 Å². The summed E-state index contributed by atoms with van der Waals surface area (Å²) in [6.45, 7) is 0. The van der Waals surface area contributed by atoms with Gasteiger partial charge in [0.25, 0.3) is 0 Å². The van der Waals surface area contributed by atoms with E-state index in [0.29, 0.717) is 0 Å². The molecule has 552 valence electrons. The van der Waals surface area contributed by atoms with Crippen LogP contribution in [0.3, 0.4) is 0 Å². The van der Waals surface area contributed by atoms with E-state index in [2.05, 4.69) is 483 Å². The van der Waals surface area contributed by atoms with Gasteiger partial charge in [0, 0.05) is 33.8 Å². The van der Waals surface area contributed by atoms with Gasteiger partial charge in [-0.2, -0.15) is 0 Å². The van der Waals surface area contributed by atoms with Gasteiger partial charge in [0.15, 0.2) is 0 Å². The molecule has 0 fully saturated rings. The molecule has 0 amide bonds. The van der Waals surface area contributed by atoms with E-state index in [4.69, 9.17) is 0 Å². The topological polar surface area (TPSA) is 6.48 Å². The second-order valence-corrected chi connectivity index (χ2v) is 30.4. The summed E-state index contributed by atoms with van der Waals surface area (Å²) < 4.78 is 0. The fourth-order valence-corrected chi connectivity index (χ4v) is 18.3. The Morgan fingerprint density at radius 3 is 0.890 bits per heavy atom. The molecule has 0 aliphatic heterocycles. The molecule has 118 heavy (non-hydrogen) atoms. The normalized spacial score (nSPS) is 11.4. The summed E-state index contributed by atoms with van der Waals surface area (Å²) in [5.41, 5.74) is 26.3. The van der Waals surface area contributed by atoms with E-state index in [9.17, 15) is 0 Å². The van der Waals surface area contributed by atoms with Crippen molar-refractivity contribution in [1.82, 2.24) is 0 Å². The van der Waals surface area contributed by atoms with Gasteiger partial charge >= 0.3 is 0 Å². The van der Waals surface area contributed by atoms with E-state index in [1.165, 1.54) is 175 Å². The lowest BCUT2D eigenvalue weighted by atomic mass is 9.81. The van der Waals surface area contributed by atoms with Crippen molar-refractivity contribution in [2.45, 2.75) is 0 Å². The average Bonchev–Trinajstić information content (AvgIpc) is 0.712. The molecule has 2 heteroatoms. The van der Waals surface area contributed by atoms with Crippen molar-refractivity contribution >= 4 is 120 Å². The van der Waals surface area contributed by atoms with Crippen LogP contribution in [-0.4, -0.2) is 0 Å². The zero-order valence-corrected chi connectivity index (χ0v) is 64.9. The Bertz CT molecular complexity index is 7390. The number of hydrogen-bond donors (Lipinski definition) is 0. The Kier molecular flexibility index (Phi) is 18.4. The highest BCUT2D eigenvalue weighted by molar-refractivity contribution is 6.35. The molecule has 22 aromatic carbocycles. The van der Waals surface area contributed by atoms with E-state index >= 15 is 0 Å². The maximum Gasteiger partial charge on any atom is 0.0540 e. The lowest BCUT2D eigenvalue weighted by Gasteiger charge is -2.27. The number of nitrogens with zero attached hydrogens (tertiary/aromatic N) is 2. The molecule has 0 aromatic heterocycles. The van der Waals surface area contributed by atoms with Crippen molar-refractivity contribution in [1.29, 1.82) is 0 Å². The summed E-state index contributed by atoms with van der Waals surface area (Å²) in [6, 6.07) is 172. The first-order chi connectivity index (χ1) is 58.6. The smallest absolute Gasteiger partial charge is 0.0540 e. The Hall–Kier alpha value is -15.5. The van der Waals surface area contributed by atoms with Crippen molar-refractivity contribution in [3.63, 3.8) is 0 Å². The van der Waals surface area contributed by atoms with Crippen LogP contribution in [0.25, 0.3) is 175 Å². The van der Waals surface area contributed by atoms with E-state index in [0.717, 1.165) is 34.1 Å². The fraction of sp³-hybridized carbons (Fsp3) is 0. The lowest BCUT2D eigenvalue weighted by Crippen LogP contribution is -2.10. The first-order valence-electron chi connectivity index (χ1n) is 40.7. The van der Waals surface area contributed by atoms with Crippen LogP contribution in [0.4, 0.5) is 34.1 Å². The Balaban J connectivity index is 0.000000147. The summed E-state index contributed by atoms with van der Waals surface area (Å²) >= 11 is 0. The second-order valence-electron chi connectivity index (χ2n) is 30.4. The third kappa shape index (κ3) is 12.8. The van der Waals surface area contributed by atoms with E-state index in [1.807, 2.05) is 0 Å². The van der Waals surface area contributed by atoms with E-state index < -0.39 is 0 Å². The highest BCUT2D eigenvalue weighted by Crippen LogP contribution is 2.53. The van der Waals surface area contributed by atoms with E-state index in [1.54, 1.807) is 0 Å². The summed E-state index contributed by atoms with van der Waals surface area (Å²) in [7, 11) is 0. The number of para-hydroxylation sites is 4. The van der Waals surface area contributed by atoms with Gasteiger partial charge in [0.1, 0.15) is 0 Å². The summed E-state index contributed by atoms with van der Waals surface area (Å²) in [5, 5.41) is 20.0. The predicted molar refractivity (Wildman–Crippen MR) is 506 cm³/mol. The third-order valence-electron chi connectivity index (χ3n) is 23.6. The maximum atomic E-state index is 2.44. The minimum Gasteiger partial charge on any atom is -0.310 e. The van der Waals surface area contributed by atoms with Crippen molar-refractivity contribution in [2.24, 2.45) is 0 Å². The number of hydrogen-bond acceptors (Lipinski definition) is 2. The molecule has 0 aliphatic rings. The van der Waals surface area contributed by atoms with Crippen LogP contribution in [0.15, 0.2) is 473 Å². The molecule has 0 unspecified atom stereocenters. The summed E-state index contributed by atoms with van der Waals surface area (Å²) in [5.74, 6) is 0. The molecule has 22 rings (SSSR count). The largest absolute Gasteiger partial charge is 0.310 e. The highest BCUT2D eigenvalue weighted by atomic mass is 15.1. The minimum absolute atomic E-state index is 1.13. The SMILES string of the molecule is c1ccc(-c2cc(-c3ccccc3)c3c4ccc(-c5ccc6cc(N(c7ccccc7)c7ccccc7)ccc6c5)cc4c4ccccc4c3c2-c2ccccc2)cc1.c1ccc(-c2cc(-c3ccccc3)c3c4ccc(-c5cccc6c(N(c7ccccc7)c7ccccc7)cccc56)cc4c4ccccc4c3c2-c2ccccc2)cc1. The zero-order chi connectivity index (χ0) is 78.2. The molecular weight excluding hydrogens is 1420 g/mol. The molecule has 0 saturated carbocycles. The lowest BCUT2D eigenvalue weighted by molar-refractivity contribution is 1.29. The monoisotopic (exact) mass is 1500 g/mol. The van der Waals surface area contributed by atoms with Gasteiger partial charge in [-0.3, -0.25) is 0 Å². The first kappa shape index (κ1) is 70.4. The van der Waals surface area contributed by atoms with Crippen molar-refractivity contribution < 1.29 is 0 Å². The van der Waals surface area contributed by atoms with Crippen LogP contribution in [-0.2, 0) is 0 Å². The maximum absolute atomic E-state index is 2.44. The highest BCUT2D eigenvalue weighted by Gasteiger charge is 2.26. The van der Waals surface area contributed by atoms with Gasteiger partial charge < -0.3 is 9.80 Å². The number of rotatable bonds is 14. The molecule has 0 heterocycles. The molecule has 0 radical (unpaired) electrons. The molecule has 0 atom stereocenters. The van der Waals surface area contributed by atoms with Gasteiger partial charge in [0.05, 0.1) is 5.69 Å². The van der Waals surface area contributed by atoms with Gasteiger partial charge in [0.2, 0.25) is 0 Å². The first-order valence-corrected chi connectivity index (χ1v) is 40.7. The van der Waals surface area contributed by atoms with Crippen molar-refractivity contribution in [2.75, 3.05) is 9.80 Å². The number of fused-ring (bicyclic) bond motifs is 14. The molecule has 2 nitrogen and oxygen atoms in total. The second kappa shape index (κ2) is 30.8. The van der Waals surface area contributed by atoms with Gasteiger partial charge in [-0.15, -0.1) is 0 Å². The summed E-state index contributed by atoms with van der Waals surface area (Å²) in [4.78, 5) is 4.69. The fourth-order valence-electron chi connectivity index (χ4n) is 18.3. The van der Waals surface area contributed by atoms with Crippen molar-refractivity contribution in [3.05, 3.63) is 473 Å². The van der Waals surface area contributed by atoms with Crippen LogP contribution < -0.4 is 9.80 Å². The zero-order valence-electron chi connectivity index (χ0n) is 64.9. The predicted octanol–water partition coefficient (Wildman–Crippen LogP) is 32.9. The molecule has 0 N–H and O–H groups in total. The van der Waals surface area contributed by atoms with Crippen LogP contribution >= 0.6 is 0 Å².